The van der Waals surface area contributed by atoms with E-state index in [1.807, 2.05) is 24.0 Å². The molecule has 21 heavy (non-hydrogen) atoms. The Labute approximate surface area is 126 Å². The Hall–Kier alpha value is -1.63. The Morgan fingerprint density at radius 2 is 1.86 bits per heavy atom. The van der Waals surface area contributed by atoms with Crippen molar-refractivity contribution in [3.8, 4) is 0 Å². The molecule has 6 nitrogen and oxygen atoms in total. The van der Waals surface area contributed by atoms with Crippen molar-refractivity contribution < 1.29 is 14.3 Å². The van der Waals surface area contributed by atoms with Crippen LogP contribution in [0.2, 0.25) is 0 Å². The minimum absolute atomic E-state index is 0.0783. The van der Waals surface area contributed by atoms with Crippen LogP contribution in [-0.2, 0) is 14.3 Å². The lowest BCUT2D eigenvalue weighted by molar-refractivity contribution is -0.117. The number of nitrogens with zero attached hydrogens (tertiary/aromatic N) is 1. The van der Waals surface area contributed by atoms with Gasteiger partial charge in [-0.05, 0) is 24.6 Å². The lowest BCUT2D eigenvalue weighted by Gasteiger charge is -2.21. The van der Waals surface area contributed by atoms with Crippen LogP contribution in [-0.4, -0.2) is 57.9 Å². The Bertz CT molecular complexity index is 444. The average Bonchev–Trinajstić information content (AvgIpc) is 2.45. The molecule has 0 aliphatic carbocycles. The molecule has 1 amide bonds. The number of hydrogen-bond donors (Lipinski definition) is 2. The monoisotopic (exact) mass is 295 g/mol. The highest BCUT2D eigenvalue weighted by atomic mass is 16.5. The first-order valence-corrected chi connectivity index (χ1v) is 6.93. The van der Waals surface area contributed by atoms with Crippen LogP contribution in [0.15, 0.2) is 18.2 Å². The first-order valence-electron chi connectivity index (χ1n) is 6.93. The van der Waals surface area contributed by atoms with Crippen LogP contribution in [0.3, 0.4) is 0 Å². The number of nitrogen functional groups attached to an aromatic ring is 1. The molecule has 1 aromatic rings. The highest BCUT2D eigenvalue weighted by molar-refractivity contribution is 5.92. The number of nitrogens with two attached hydrogens (primary N) is 1. The second kappa shape index (κ2) is 9.33. The van der Waals surface area contributed by atoms with E-state index in [0.29, 0.717) is 44.2 Å². The lowest BCUT2D eigenvalue weighted by Crippen LogP contribution is -2.37. The second-order valence-electron chi connectivity index (χ2n) is 4.88. The van der Waals surface area contributed by atoms with E-state index in [2.05, 4.69) is 5.32 Å². The minimum Gasteiger partial charge on any atom is -0.398 e. The molecule has 0 radical (unpaired) electrons. The summed E-state index contributed by atoms with van der Waals surface area (Å²) < 4.78 is 10.1. The van der Waals surface area contributed by atoms with Crippen LogP contribution >= 0.6 is 0 Å². The molecule has 118 valence electrons. The number of rotatable bonds is 9. The van der Waals surface area contributed by atoms with Gasteiger partial charge < -0.3 is 20.5 Å². The first kappa shape index (κ1) is 17.4. The summed E-state index contributed by atoms with van der Waals surface area (Å²) in [4.78, 5) is 14.1. The van der Waals surface area contributed by atoms with Crippen molar-refractivity contribution in [2.24, 2.45) is 0 Å². The van der Waals surface area contributed by atoms with Crippen LogP contribution in [0.4, 0.5) is 11.4 Å². The Morgan fingerprint density at radius 3 is 2.38 bits per heavy atom. The molecule has 0 unspecified atom stereocenters. The highest BCUT2D eigenvalue weighted by Crippen LogP contribution is 2.16. The smallest absolute Gasteiger partial charge is 0.238 e. The molecule has 0 fully saturated rings. The number of ether oxygens (including phenoxy) is 2. The van der Waals surface area contributed by atoms with Gasteiger partial charge in [0.05, 0.1) is 19.8 Å². The van der Waals surface area contributed by atoms with Gasteiger partial charge in [0.15, 0.2) is 0 Å². The number of anilines is 2. The molecular weight excluding hydrogens is 270 g/mol. The van der Waals surface area contributed by atoms with Gasteiger partial charge >= 0.3 is 0 Å². The van der Waals surface area contributed by atoms with Crippen molar-refractivity contribution in [3.05, 3.63) is 23.8 Å². The van der Waals surface area contributed by atoms with Crippen LogP contribution < -0.4 is 11.1 Å². The molecule has 0 aliphatic heterocycles. The van der Waals surface area contributed by atoms with Gasteiger partial charge in [0, 0.05) is 38.7 Å². The van der Waals surface area contributed by atoms with Crippen molar-refractivity contribution in [1.82, 2.24) is 4.90 Å². The summed E-state index contributed by atoms with van der Waals surface area (Å²) in [6.45, 7) is 4.74. The molecule has 0 atom stereocenters. The van der Waals surface area contributed by atoms with Crippen molar-refractivity contribution >= 4 is 17.3 Å². The van der Waals surface area contributed by atoms with Crippen molar-refractivity contribution in [2.75, 3.05) is 58.1 Å². The molecule has 0 heterocycles. The molecular formula is C15H25N3O3. The molecule has 3 N–H and O–H groups in total. The number of hydrogen-bond acceptors (Lipinski definition) is 5. The van der Waals surface area contributed by atoms with Crippen LogP contribution in [0.1, 0.15) is 5.56 Å². The van der Waals surface area contributed by atoms with Gasteiger partial charge in [0.1, 0.15) is 0 Å². The van der Waals surface area contributed by atoms with Crippen molar-refractivity contribution in [3.63, 3.8) is 0 Å². The summed E-state index contributed by atoms with van der Waals surface area (Å²) >= 11 is 0. The van der Waals surface area contributed by atoms with Crippen LogP contribution in [0.25, 0.3) is 0 Å². The van der Waals surface area contributed by atoms with Gasteiger partial charge in [0.25, 0.3) is 0 Å². The third-order valence-corrected chi connectivity index (χ3v) is 3.15. The normalized spacial score (nSPS) is 10.9. The van der Waals surface area contributed by atoms with E-state index >= 15 is 0 Å². The topological polar surface area (TPSA) is 76.8 Å². The van der Waals surface area contributed by atoms with E-state index in [1.54, 1.807) is 20.3 Å². The first-order chi connectivity index (χ1) is 10.1. The van der Waals surface area contributed by atoms with E-state index in [4.69, 9.17) is 15.2 Å². The molecule has 0 spiro atoms. The third kappa shape index (κ3) is 6.57. The maximum atomic E-state index is 12.1. The van der Waals surface area contributed by atoms with Crippen molar-refractivity contribution in [2.45, 2.75) is 6.92 Å². The van der Waals surface area contributed by atoms with Gasteiger partial charge in [0.2, 0.25) is 5.91 Å². The predicted molar refractivity (Wildman–Crippen MR) is 84.4 cm³/mol. The Balaban J connectivity index is 2.53. The molecule has 0 aromatic heterocycles. The maximum Gasteiger partial charge on any atom is 0.238 e. The number of amides is 1. The van der Waals surface area contributed by atoms with E-state index < -0.39 is 0 Å². The van der Waals surface area contributed by atoms with Crippen LogP contribution in [0, 0.1) is 6.92 Å². The van der Waals surface area contributed by atoms with Gasteiger partial charge in [-0.3, -0.25) is 9.69 Å². The second-order valence-corrected chi connectivity index (χ2v) is 4.88. The fourth-order valence-electron chi connectivity index (χ4n) is 1.83. The summed E-state index contributed by atoms with van der Waals surface area (Å²) in [5, 5.41) is 2.85. The Kier molecular flexibility index (Phi) is 7.74. The van der Waals surface area contributed by atoms with Crippen molar-refractivity contribution in [1.29, 1.82) is 0 Å². The molecule has 0 aliphatic rings. The van der Waals surface area contributed by atoms with Crippen LogP contribution in [0.5, 0.6) is 0 Å². The molecule has 0 saturated heterocycles. The van der Waals surface area contributed by atoms with Gasteiger partial charge in [-0.25, -0.2) is 0 Å². The third-order valence-electron chi connectivity index (χ3n) is 3.15. The molecule has 0 saturated carbocycles. The summed E-state index contributed by atoms with van der Waals surface area (Å²) in [7, 11) is 3.29. The number of nitrogens with one attached hydrogen (secondary N) is 1. The number of benzene rings is 1. The van der Waals surface area contributed by atoms with E-state index in [1.165, 1.54) is 0 Å². The molecule has 6 heteroatoms. The standard InChI is InChI=1S/C15H25N3O3/c1-12-4-5-13(10-14(12)16)17-15(19)11-18(6-8-20-2)7-9-21-3/h4-5,10H,6-9,11,16H2,1-3H3,(H,17,19). The maximum absolute atomic E-state index is 12.1. The fourth-order valence-corrected chi connectivity index (χ4v) is 1.83. The number of carbonyl (C=O) groups is 1. The minimum atomic E-state index is -0.0783. The Morgan fingerprint density at radius 1 is 1.24 bits per heavy atom. The highest BCUT2D eigenvalue weighted by Gasteiger charge is 2.11. The summed E-state index contributed by atoms with van der Waals surface area (Å²) in [5.74, 6) is -0.0783. The summed E-state index contributed by atoms with van der Waals surface area (Å²) in [6.07, 6.45) is 0. The van der Waals surface area contributed by atoms with Gasteiger partial charge in [-0.15, -0.1) is 0 Å². The lowest BCUT2D eigenvalue weighted by atomic mass is 10.2. The number of carbonyl (C=O) groups excluding carboxylic acids is 1. The fraction of sp³-hybridized carbons (Fsp3) is 0.533. The summed E-state index contributed by atoms with van der Waals surface area (Å²) in [5.41, 5.74) is 8.21. The van der Waals surface area contributed by atoms with Gasteiger partial charge in [-0.2, -0.15) is 0 Å². The molecule has 1 rings (SSSR count). The molecule has 1 aromatic carbocycles. The SMILES string of the molecule is COCCN(CCOC)CC(=O)Nc1ccc(C)c(N)c1. The predicted octanol–water partition coefficient (Wildman–Crippen LogP) is 1.11. The number of aryl methyl sites for hydroxylation is 1. The van der Waals surface area contributed by atoms with E-state index in [-0.39, 0.29) is 5.91 Å². The largest absolute Gasteiger partial charge is 0.398 e. The quantitative estimate of drug-likeness (QED) is 0.667. The summed E-state index contributed by atoms with van der Waals surface area (Å²) in [6, 6.07) is 5.50. The van der Waals surface area contributed by atoms with Gasteiger partial charge in [-0.1, -0.05) is 6.07 Å². The zero-order valence-electron chi connectivity index (χ0n) is 13.0. The van der Waals surface area contributed by atoms with E-state index in [9.17, 15) is 4.79 Å². The zero-order valence-corrected chi connectivity index (χ0v) is 13.0. The zero-order chi connectivity index (χ0) is 15.7. The van der Waals surface area contributed by atoms with E-state index in [0.717, 1.165) is 5.56 Å². The molecule has 0 bridgehead atoms. The number of methoxy groups -OCH3 is 2. The average molecular weight is 295 g/mol.